The van der Waals surface area contributed by atoms with Crippen molar-refractivity contribution in [3.63, 3.8) is 0 Å². The van der Waals surface area contributed by atoms with Crippen molar-refractivity contribution in [3.8, 4) is 0 Å². The van der Waals surface area contributed by atoms with Crippen molar-refractivity contribution in [2.24, 2.45) is 5.14 Å². The van der Waals surface area contributed by atoms with Crippen molar-refractivity contribution in [1.29, 1.82) is 0 Å². The molecular formula is C12H20N2O4S2. The first kappa shape index (κ1) is 17.1. The van der Waals surface area contributed by atoms with Crippen molar-refractivity contribution in [2.75, 3.05) is 13.1 Å². The average Bonchev–Trinajstić information content (AvgIpc) is 2.38. The molecule has 0 fully saturated rings. The predicted octanol–water partition coefficient (Wildman–Crippen LogP) is 1.14. The Kier molecular flexibility index (Phi) is 5.69. The minimum absolute atomic E-state index is 0.0721. The third-order valence-electron chi connectivity index (χ3n) is 2.90. The van der Waals surface area contributed by atoms with Gasteiger partial charge in [0.05, 0.1) is 9.79 Å². The van der Waals surface area contributed by atoms with E-state index in [-0.39, 0.29) is 9.79 Å². The molecule has 0 aliphatic carbocycles. The summed E-state index contributed by atoms with van der Waals surface area (Å²) < 4.78 is 48.4. The van der Waals surface area contributed by atoms with Gasteiger partial charge < -0.3 is 0 Å². The molecule has 0 radical (unpaired) electrons. The lowest BCUT2D eigenvalue weighted by atomic mass is 10.3. The van der Waals surface area contributed by atoms with Gasteiger partial charge in [-0.1, -0.05) is 20.3 Å². The van der Waals surface area contributed by atoms with Crippen molar-refractivity contribution >= 4 is 20.0 Å². The summed E-state index contributed by atoms with van der Waals surface area (Å²) in [7, 11) is -7.40. The van der Waals surface area contributed by atoms with Crippen LogP contribution in [0.2, 0.25) is 0 Å². The van der Waals surface area contributed by atoms with Crippen molar-refractivity contribution in [3.05, 3.63) is 24.3 Å². The molecule has 1 aromatic carbocycles. The monoisotopic (exact) mass is 320 g/mol. The second-order valence-corrected chi connectivity index (χ2v) is 7.87. The minimum atomic E-state index is -3.81. The van der Waals surface area contributed by atoms with Crippen molar-refractivity contribution in [2.45, 2.75) is 36.5 Å². The molecule has 0 spiro atoms. The molecule has 0 bridgehead atoms. The van der Waals surface area contributed by atoms with E-state index in [0.29, 0.717) is 13.1 Å². The lowest BCUT2D eigenvalue weighted by Crippen LogP contribution is -2.31. The lowest BCUT2D eigenvalue weighted by molar-refractivity contribution is 0.419. The summed E-state index contributed by atoms with van der Waals surface area (Å²) >= 11 is 0. The van der Waals surface area contributed by atoms with Crippen LogP contribution in [0.3, 0.4) is 0 Å². The first-order chi connectivity index (χ1) is 9.23. The Morgan fingerprint density at radius 3 is 1.90 bits per heavy atom. The Morgan fingerprint density at radius 1 is 1.00 bits per heavy atom. The second-order valence-electron chi connectivity index (χ2n) is 4.37. The highest BCUT2D eigenvalue weighted by Crippen LogP contribution is 2.18. The number of benzene rings is 1. The maximum absolute atomic E-state index is 12.4. The first-order valence-corrected chi connectivity index (χ1v) is 9.35. The molecule has 0 amide bonds. The molecule has 0 heterocycles. The smallest absolute Gasteiger partial charge is 0.225 e. The third-order valence-corrected chi connectivity index (χ3v) is 5.82. The highest BCUT2D eigenvalue weighted by molar-refractivity contribution is 7.89. The molecule has 0 saturated carbocycles. The number of hydrogen-bond donors (Lipinski definition) is 1. The number of nitrogens with zero attached hydrogens (tertiary/aromatic N) is 1. The fourth-order valence-corrected chi connectivity index (χ4v) is 3.74. The van der Waals surface area contributed by atoms with E-state index >= 15 is 0 Å². The van der Waals surface area contributed by atoms with E-state index in [9.17, 15) is 16.8 Å². The fourth-order valence-electron chi connectivity index (χ4n) is 1.73. The molecule has 0 aromatic heterocycles. The van der Waals surface area contributed by atoms with Gasteiger partial charge in [-0.2, -0.15) is 4.31 Å². The Labute approximate surface area is 120 Å². The minimum Gasteiger partial charge on any atom is -0.225 e. The Bertz CT molecular complexity index is 637. The van der Waals surface area contributed by atoms with E-state index in [4.69, 9.17) is 5.14 Å². The quantitative estimate of drug-likeness (QED) is 0.814. The topological polar surface area (TPSA) is 97.5 Å². The summed E-state index contributed by atoms with van der Waals surface area (Å²) in [6.07, 6.45) is 1.68. The molecule has 1 rings (SSSR count). The summed E-state index contributed by atoms with van der Waals surface area (Å²) in [6, 6.07) is 4.94. The molecule has 0 unspecified atom stereocenters. The van der Waals surface area contributed by atoms with Crippen LogP contribution in [0.15, 0.2) is 34.1 Å². The van der Waals surface area contributed by atoms with Gasteiger partial charge in [0.2, 0.25) is 20.0 Å². The molecule has 0 atom stereocenters. The summed E-state index contributed by atoms with van der Waals surface area (Å²) in [5, 5.41) is 4.98. The van der Waals surface area contributed by atoms with Gasteiger partial charge in [0.25, 0.3) is 0 Å². The molecule has 8 heteroatoms. The van der Waals surface area contributed by atoms with Gasteiger partial charge >= 0.3 is 0 Å². The van der Waals surface area contributed by atoms with Gasteiger partial charge in [0.15, 0.2) is 0 Å². The fraction of sp³-hybridized carbons (Fsp3) is 0.500. The maximum Gasteiger partial charge on any atom is 0.243 e. The van der Waals surface area contributed by atoms with Crippen LogP contribution >= 0.6 is 0 Å². The van der Waals surface area contributed by atoms with E-state index in [2.05, 4.69) is 0 Å². The van der Waals surface area contributed by atoms with Crippen molar-refractivity contribution < 1.29 is 16.8 Å². The van der Waals surface area contributed by atoms with Crippen LogP contribution in [0.4, 0.5) is 0 Å². The number of primary sulfonamides is 1. The second kappa shape index (κ2) is 6.66. The van der Waals surface area contributed by atoms with Gasteiger partial charge in [-0.3, -0.25) is 0 Å². The molecule has 2 N–H and O–H groups in total. The molecule has 20 heavy (non-hydrogen) atoms. The lowest BCUT2D eigenvalue weighted by Gasteiger charge is -2.20. The van der Waals surface area contributed by atoms with E-state index in [1.807, 2.05) is 6.92 Å². The summed E-state index contributed by atoms with van der Waals surface area (Å²) in [6.45, 7) is 4.58. The predicted molar refractivity (Wildman–Crippen MR) is 77.2 cm³/mol. The van der Waals surface area contributed by atoms with Gasteiger partial charge in [-0.15, -0.1) is 0 Å². The van der Waals surface area contributed by atoms with E-state index in [1.54, 1.807) is 6.92 Å². The first-order valence-electron chi connectivity index (χ1n) is 6.36. The molecule has 114 valence electrons. The van der Waals surface area contributed by atoms with Crippen LogP contribution in [0, 0.1) is 0 Å². The molecular weight excluding hydrogens is 300 g/mol. The van der Waals surface area contributed by atoms with Crippen LogP contribution in [-0.2, 0) is 20.0 Å². The molecule has 6 nitrogen and oxygen atoms in total. The van der Waals surface area contributed by atoms with Crippen LogP contribution in [-0.4, -0.2) is 34.2 Å². The highest BCUT2D eigenvalue weighted by Gasteiger charge is 2.22. The number of unbranched alkanes of at least 4 members (excludes halogenated alkanes) is 1. The summed E-state index contributed by atoms with van der Waals surface area (Å²) in [5.41, 5.74) is 0. The zero-order chi connectivity index (χ0) is 15.4. The van der Waals surface area contributed by atoms with Crippen LogP contribution in [0.1, 0.15) is 26.7 Å². The standard InChI is InChI=1S/C12H20N2O4S2/c1-3-5-10-14(4-2)20(17,18)12-8-6-11(7-9-12)19(13,15)16/h6-9H,3-5,10H2,1-2H3,(H2,13,15,16). The average molecular weight is 320 g/mol. The van der Waals surface area contributed by atoms with Crippen LogP contribution in [0.25, 0.3) is 0 Å². The largest absolute Gasteiger partial charge is 0.243 e. The normalized spacial score (nSPS) is 12.8. The van der Waals surface area contributed by atoms with Gasteiger partial charge in [0.1, 0.15) is 0 Å². The number of hydrogen-bond acceptors (Lipinski definition) is 4. The van der Waals surface area contributed by atoms with Gasteiger partial charge in [-0.05, 0) is 30.7 Å². The Hall–Kier alpha value is -0.960. The van der Waals surface area contributed by atoms with Crippen molar-refractivity contribution in [1.82, 2.24) is 4.31 Å². The number of rotatable bonds is 7. The molecule has 0 aliphatic rings. The maximum atomic E-state index is 12.4. The van der Waals surface area contributed by atoms with E-state index < -0.39 is 20.0 Å². The highest BCUT2D eigenvalue weighted by atomic mass is 32.2. The summed E-state index contributed by atoms with van der Waals surface area (Å²) in [4.78, 5) is -0.0316. The zero-order valence-electron chi connectivity index (χ0n) is 11.6. The van der Waals surface area contributed by atoms with Crippen LogP contribution in [0.5, 0.6) is 0 Å². The van der Waals surface area contributed by atoms with Gasteiger partial charge in [-0.25, -0.2) is 22.0 Å². The molecule has 0 saturated heterocycles. The van der Waals surface area contributed by atoms with Gasteiger partial charge in [0, 0.05) is 13.1 Å². The van der Waals surface area contributed by atoms with E-state index in [1.165, 1.54) is 28.6 Å². The summed E-state index contributed by atoms with van der Waals surface area (Å²) in [5.74, 6) is 0. The number of nitrogens with two attached hydrogens (primary N) is 1. The SMILES string of the molecule is CCCCN(CC)S(=O)(=O)c1ccc(S(N)(=O)=O)cc1. The Balaban J connectivity index is 3.09. The zero-order valence-corrected chi connectivity index (χ0v) is 13.2. The number of sulfonamides is 2. The van der Waals surface area contributed by atoms with E-state index in [0.717, 1.165) is 12.8 Å². The third kappa shape index (κ3) is 4.02. The molecule has 1 aromatic rings. The Morgan fingerprint density at radius 2 is 1.50 bits per heavy atom. The molecule has 0 aliphatic heterocycles. The van der Waals surface area contributed by atoms with Crippen LogP contribution < -0.4 is 5.14 Å².